The third kappa shape index (κ3) is 1.99. The zero-order valence-corrected chi connectivity index (χ0v) is 6.35. The number of carbonyl (C=O) groups excluding carboxylic acids is 1. The molecule has 1 atom stereocenters. The van der Waals surface area contributed by atoms with E-state index in [0.29, 0.717) is 19.6 Å². The van der Waals surface area contributed by atoms with E-state index in [2.05, 4.69) is 0 Å². The number of esters is 1. The zero-order valence-electron chi connectivity index (χ0n) is 6.35. The van der Waals surface area contributed by atoms with Crippen LogP contribution in [-0.4, -0.2) is 24.8 Å². The summed E-state index contributed by atoms with van der Waals surface area (Å²) in [5, 5.41) is 0. The molecule has 1 heterocycles. The molecule has 3 heteroatoms. The number of hydrogen-bond acceptors (Lipinski definition) is 3. The number of rotatable bonds is 3. The van der Waals surface area contributed by atoms with Crippen molar-refractivity contribution in [1.82, 2.24) is 0 Å². The van der Waals surface area contributed by atoms with Crippen molar-refractivity contribution >= 4 is 5.97 Å². The Morgan fingerprint density at radius 3 is 2.80 bits per heavy atom. The predicted molar refractivity (Wildman–Crippen MR) is 35.6 cm³/mol. The molecule has 0 amide bonds. The van der Waals surface area contributed by atoms with Gasteiger partial charge in [0.2, 0.25) is 0 Å². The minimum atomic E-state index is -0.162. The van der Waals surface area contributed by atoms with Crippen LogP contribution in [0.2, 0.25) is 0 Å². The second-order valence-corrected chi connectivity index (χ2v) is 2.75. The Labute approximate surface area is 60.3 Å². The molecule has 1 aliphatic heterocycles. The Morgan fingerprint density at radius 1 is 1.80 bits per heavy atom. The summed E-state index contributed by atoms with van der Waals surface area (Å²) in [5.74, 6) is -0.156. The molecule has 0 spiro atoms. The van der Waals surface area contributed by atoms with Crippen molar-refractivity contribution in [3.63, 3.8) is 0 Å². The quantitative estimate of drug-likeness (QED) is 0.433. The highest BCUT2D eigenvalue weighted by molar-refractivity contribution is 5.68. The molecule has 1 aliphatic rings. The molecular weight excluding hydrogens is 132 g/mol. The van der Waals surface area contributed by atoms with Crippen molar-refractivity contribution in [1.29, 1.82) is 0 Å². The topological polar surface area (TPSA) is 38.8 Å². The smallest absolute Gasteiger partial charge is 0.305 e. The Hall–Kier alpha value is -0.570. The minimum absolute atomic E-state index is 0.156. The molecular formula is C7H12O3. The lowest BCUT2D eigenvalue weighted by molar-refractivity contribution is -0.144. The molecule has 1 fully saturated rings. The average molecular weight is 144 g/mol. The fourth-order valence-electron chi connectivity index (χ4n) is 0.542. The van der Waals surface area contributed by atoms with Crippen molar-refractivity contribution < 1.29 is 14.3 Å². The Kier molecular flexibility index (Phi) is 1.94. The maximum absolute atomic E-state index is 10.6. The van der Waals surface area contributed by atoms with Crippen LogP contribution < -0.4 is 0 Å². The standard InChI is InChI=1S/C7H12O3/c1-3-6(8)9-4-7(2)5-10-7/h3-5H2,1-2H3. The summed E-state index contributed by atoms with van der Waals surface area (Å²) in [4.78, 5) is 10.6. The van der Waals surface area contributed by atoms with E-state index in [1.165, 1.54) is 0 Å². The first-order chi connectivity index (χ1) is 4.66. The molecule has 0 aromatic rings. The van der Waals surface area contributed by atoms with Crippen LogP contribution in [0.15, 0.2) is 0 Å². The molecule has 0 N–H and O–H groups in total. The Balaban J connectivity index is 2.10. The molecule has 1 saturated heterocycles. The van der Waals surface area contributed by atoms with Crippen LogP contribution in [-0.2, 0) is 14.3 Å². The van der Waals surface area contributed by atoms with E-state index in [1.807, 2.05) is 6.92 Å². The van der Waals surface area contributed by atoms with Gasteiger partial charge in [-0.05, 0) is 6.92 Å². The predicted octanol–water partition coefficient (Wildman–Crippen LogP) is 0.729. The largest absolute Gasteiger partial charge is 0.463 e. The lowest BCUT2D eigenvalue weighted by atomic mass is 10.2. The van der Waals surface area contributed by atoms with E-state index < -0.39 is 0 Å². The van der Waals surface area contributed by atoms with Crippen LogP contribution in [0.25, 0.3) is 0 Å². The van der Waals surface area contributed by atoms with Gasteiger partial charge in [0.15, 0.2) is 0 Å². The Morgan fingerprint density at radius 2 is 2.40 bits per heavy atom. The molecule has 3 nitrogen and oxygen atoms in total. The Bertz CT molecular complexity index is 138. The van der Waals surface area contributed by atoms with E-state index in [-0.39, 0.29) is 11.6 Å². The molecule has 10 heavy (non-hydrogen) atoms. The molecule has 0 bridgehead atoms. The second kappa shape index (κ2) is 2.58. The molecule has 0 aromatic carbocycles. The van der Waals surface area contributed by atoms with Gasteiger partial charge in [-0.2, -0.15) is 0 Å². The number of hydrogen-bond donors (Lipinski definition) is 0. The van der Waals surface area contributed by atoms with Crippen LogP contribution in [0.1, 0.15) is 20.3 Å². The summed E-state index contributed by atoms with van der Waals surface area (Å²) in [7, 11) is 0. The highest BCUT2D eigenvalue weighted by Crippen LogP contribution is 2.25. The highest BCUT2D eigenvalue weighted by atomic mass is 16.6. The van der Waals surface area contributed by atoms with Gasteiger partial charge in [0, 0.05) is 6.42 Å². The summed E-state index contributed by atoms with van der Waals surface area (Å²) >= 11 is 0. The van der Waals surface area contributed by atoms with E-state index in [1.54, 1.807) is 6.92 Å². The van der Waals surface area contributed by atoms with Crippen LogP contribution in [0, 0.1) is 0 Å². The van der Waals surface area contributed by atoms with Crippen LogP contribution >= 0.6 is 0 Å². The van der Waals surface area contributed by atoms with Crippen molar-refractivity contribution in [2.75, 3.05) is 13.2 Å². The summed E-state index contributed by atoms with van der Waals surface area (Å²) in [6, 6.07) is 0. The van der Waals surface area contributed by atoms with Gasteiger partial charge in [-0.3, -0.25) is 4.79 Å². The highest BCUT2D eigenvalue weighted by Gasteiger charge is 2.40. The van der Waals surface area contributed by atoms with Crippen molar-refractivity contribution in [3.05, 3.63) is 0 Å². The molecule has 0 saturated carbocycles. The van der Waals surface area contributed by atoms with Crippen LogP contribution in [0.3, 0.4) is 0 Å². The first-order valence-electron chi connectivity index (χ1n) is 3.46. The van der Waals surface area contributed by atoms with Crippen LogP contribution in [0.5, 0.6) is 0 Å². The first-order valence-corrected chi connectivity index (χ1v) is 3.46. The monoisotopic (exact) mass is 144 g/mol. The average Bonchev–Trinajstić information content (AvgIpc) is 2.64. The van der Waals surface area contributed by atoms with Crippen molar-refractivity contribution in [3.8, 4) is 0 Å². The molecule has 58 valence electrons. The number of ether oxygens (including phenoxy) is 2. The molecule has 0 aliphatic carbocycles. The number of epoxide rings is 1. The van der Waals surface area contributed by atoms with Gasteiger partial charge in [0.25, 0.3) is 0 Å². The molecule has 1 rings (SSSR count). The molecule has 0 radical (unpaired) electrons. The van der Waals surface area contributed by atoms with E-state index in [4.69, 9.17) is 9.47 Å². The fraction of sp³-hybridized carbons (Fsp3) is 0.857. The molecule has 1 unspecified atom stereocenters. The normalized spacial score (nSPS) is 29.8. The van der Waals surface area contributed by atoms with Gasteiger partial charge in [-0.25, -0.2) is 0 Å². The minimum Gasteiger partial charge on any atom is -0.463 e. The van der Waals surface area contributed by atoms with Crippen LogP contribution in [0.4, 0.5) is 0 Å². The van der Waals surface area contributed by atoms with Gasteiger partial charge >= 0.3 is 5.97 Å². The van der Waals surface area contributed by atoms with Gasteiger partial charge in [0.1, 0.15) is 12.2 Å². The SMILES string of the molecule is CCC(=O)OCC1(C)CO1. The summed E-state index contributed by atoms with van der Waals surface area (Å²) in [6.07, 6.45) is 0.441. The fourth-order valence-corrected chi connectivity index (χ4v) is 0.542. The summed E-state index contributed by atoms with van der Waals surface area (Å²) in [5.41, 5.74) is -0.162. The van der Waals surface area contributed by atoms with E-state index in [0.717, 1.165) is 0 Å². The second-order valence-electron chi connectivity index (χ2n) is 2.75. The third-order valence-corrected chi connectivity index (χ3v) is 1.46. The zero-order chi connectivity index (χ0) is 7.61. The van der Waals surface area contributed by atoms with Gasteiger partial charge in [0.05, 0.1) is 6.61 Å². The van der Waals surface area contributed by atoms with Crippen molar-refractivity contribution in [2.45, 2.75) is 25.9 Å². The number of carbonyl (C=O) groups is 1. The lowest BCUT2D eigenvalue weighted by Crippen LogP contribution is -2.17. The van der Waals surface area contributed by atoms with Gasteiger partial charge in [-0.1, -0.05) is 6.92 Å². The summed E-state index contributed by atoms with van der Waals surface area (Å²) < 4.78 is 9.87. The summed E-state index contributed by atoms with van der Waals surface area (Å²) in [6.45, 7) is 4.82. The molecule has 0 aromatic heterocycles. The first kappa shape index (κ1) is 7.54. The van der Waals surface area contributed by atoms with Crippen molar-refractivity contribution in [2.24, 2.45) is 0 Å². The lowest BCUT2D eigenvalue weighted by Gasteiger charge is -2.04. The maximum atomic E-state index is 10.6. The van der Waals surface area contributed by atoms with Gasteiger partial charge in [-0.15, -0.1) is 0 Å². The van der Waals surface area contributed by atoms with Gasteiger partial charge < -0.3 is 9.47 Å². The van der Waals surface area contributed by atoms with E-state index >= 15 is 0 Å². The maximum Gasteiger partial charge on any atom is 0.305 e. The third-order valence-electron chi connectivity index (χ3n) is 1.46. The van der Waals surface area contributed by atoms with E-state index in [9.17, 15) is 4.79 Å².